The number of nitrogens with one attached hydrogen (secondary N) is 2. The molecule has 118 valence electrons. The monoisotopic (exact) mass is 302 g/mol. The lowest BCUT2D eigenvalue weighted by atomic mass is 10.2. The number of nitrogens with zero attached hydrogens (tertiary/aromatic N) is 2. The second-order valence-electron chi connectivity index (χ2n) is 5.12. The van der Waals surface area contributed by atoms with Crippen LogP contribution in [-0.4, -0.2) is 42.9 Å². The van der Waals surface area contributed by atoms with Gasteiger partial charge in [0.25, 0.3) is 0 Å². The average molecular weight is 302 g/mol. The van der Waals surface area contributed by atoms with Crippen LogP contribution in [0.2, 0.25) is 0 Å². The van der Waals surface area contributed by atoms with Crippen LogP contribution in [0.3, 0.4) is 0 Å². The van der Waals surface area contributed by atoms with Crippen LogP contribution in [0.15, 0.2) is 24.3 Å². The molecule has 0 aliphatic carbocycles. The molecule has 0 aliphatic heterocycles. The normalized spacial score (nSPS) is 11.6. The van der Waals surface area contributed by atoms with Gasteiger partial charge in [0.1, 0.15) is 0 Å². The summed E-state index contributed by atoms with van der Waals surface area (Å²) >= 11 is 0. The lowest BCUT2D eigenvalue weighted by Gasteiger charge is -2.23. The van der Waals surface area contributed by atoms with E-state index in [1.807, 2.05) is 13.0 Å². The molecule has 1 rings (SSSR count). The molecule has 22 heavy (non-hydrogen) atoms. The van der Waals surface area contributed by atoms with Crippen LogP contribution in [0.1, 0.15) is 25.8 Å². The average Bonchev–Trinajstić information content (AvgIpc) is 2.52. The fourth-order valence-electron chi connectivity index (χ4n) is 1.76. The molecule has 0 saturated carbocycles. The first kappa shape index (κ1) is 17.7. The van der Waals surface area contributed by atoms with Crippen LogP contribution >= 0.6 is 0 Å². The summed E-state index contributed by atoms with van der Waals surface area (Å²) in [5.41, 5.74) is 1.16. The SMILES string of the molecule is CCCNC(=O)CN(C)[C@@H](C)C(=O)Nc1ccc(C#N)cc1. The van der Waals surface area contributed by atoms with Gasteiger partial charge in [-0.2, -0.15) is 5.26 Å². The Morgan fingerprint density at radius 2 is 1.95 bits per heavy atom. The minimum atomic E-state index is -0.442. The summed E-state index contributed by atoms with van der Waals surface area (Å²) in [5, 5.41) is 14.3. The van der Waals surface area contributed by atoms with Crippen molar-refractivity contribution in [3.63, 3.8) is 0 Å². The van der Waals surface area contributed by atoms with Crippen molar-refractivity contribution in [2.45, 2.75) is 26.3 Å². The number of carbonyl (C=O) groups excluding carboxylic acids is 2. The molecule has 1 aromatic carbocycles. The summed E-state index contributed by atoms with van der Waals surface area (Å²) in [7, 11) is 1.73. The second kappa shape index (κ2) is 8.80. The molecule has 0 saturated heterocycles. The number of likely N-dealkylation sites (N-methyl/N-ethyl adjacent to an activating group) is 1. The first-order valence-corrected chi connectivity index (χ1v) is 7.26. The van der Waals surface area contributed by atoms with Gasteiger partial charge in [0.15, 0.2) is 0 Å². The summed E-state index contributed by atoms with van der Waals surface area (Å²) in [4.78, 5) is 25.5. The van der Waals surface area contributed by atoms with Crippen molar-refractivity contribution in [1.82, 2.24) is 10.2 Å². The number of nitriles is 1. The quantitative estimate of drug-likeness (QED) is 0.796. The minimum absolute atomic E-state index is 0.0950. The third-order valence-corrected chi connectivity index (χ3v) is 3.29. The molecule has 2 N–H and O–H groups in total. The number of benzene rings is 1. The Kier molecular flexibility index (Phi) is 7.06. The van der Waals surface area contributed by atoms with Crippen molar-refractivity contribution in [2.75, 3.05) is 25.5 Å². The molecule has 0 bridgehead atoms. The summed E-state index contributed by atoms with van der Waals surface area (Å²) in [6.07, 6.45) is 0.879. The van der Waals surface area contributed by atoms with E-state index in [1.54, 1.807) is 43.1 Å². The predicted molar refractivity (Wildman–Crippen MR) is 85.2 cm³/mol. The first-order valence-electron chi connectivity index (χ1n) is 7.26. The second-order valence-corrected chi connectivity index (χ2v) is 5.12. The molecular weight excluding hydrogens is 280 g/mol. The molecule has 1 aromatic rings. The molecule has 0 heterocycles. The Balaban J connectivity index is 2.52. The van der Waals surface area contributed by atoms with Crippen LogP contribution in [0.25, 0.3) is 0 Å². The molecule has 2 amide bonds. The highest BCUT2D eigenvalue weighted by atomic mass is 16.2. The number of hydrogen-bond donors (Lipinski definition) is 2. The van der Waals surface area contributed by atoms with Crippen molar-refractivity contribution in [2.24, 2.45) is 0 Å². The zero-order valence-corrected chi connectivity index (χ0v) is 13.2. The van der Waals surface area contributed by atoms with E-state index in [1.165, 1.54) is 0 Å². The van der Waals surface area contributed by atoms with Gasteiger partial charge in [-0.05, 0) is 44.7 Å². The van der Waals surface area contributed by atoms with Gasteiger partial charge in [-0.1, -0.05) is 6.92 Å². The fraction of sp³-hybridized carbons (Fsp3) is 0.438. The summed E-state index contributed by atoms with van der Waals surface area (Å²) < 4.78 is 0. The fourth-order valence-corrected chi connectivity index (χ4v) is 1.76. The Labute approximate surface area is 131 Å². The van der Waals surface area contributed by atoms with Gasteiger partial charge in [-0.25, -0.2) is 0 Å². The van der Waals surface area contributed by atoms with Crippen LogP contribution in [-0.2, 0) is 9.59 Å². The van der Waals surface area contributed by atoms with E-state index in [0.717, 1.165) is 6.42 Å². The van der Waals surface area contributed by atoms with E-state index in [9.17, 15) is 9.59 Å². The molecule has 0 fully saturated rings. The molecule has 0 unspecified atom stereocenters. The molecule has 0 aromatic heterocycles. The van der Waals surface area contributed by atoms with E-state index in [0.29, 0.717) is 17.8 Å². The van der Waals surface area contributed by atoms with E-state index < -0.39 is 6.04 Å². The van der Waals surface area contributed by atoms with Crippen molar-refractivity contribution in [3.05, 3.63) is 29.8 Å². The van der Waals surface area contributed by atoms with Crippen molar-refractivity contribution < 1.29 is 9.59 Å². The molecule has 1 atom stereocenters. The van der Waals surface area contributed by atoms with Gasteiger partial charge >= 0.3 is 0 Å². The Morgan fingerprint density at radius 1 is 1.32 bits per heavy atom. The van der Waals surface area contributed by atoms with Crippen LogP contribution in [0.4, 0.5) is 5.69 Å². The molecule has 0 radical (unpaired) electrons. The maximum Gasteiger partial charge on any atom is 0.241 e. The van der Waals surface area contributed by atoms with Gasteiger partial charge in [0.2, 0.25) is 11.8 Å². The molecule has 6 heteroatoms. The van der Waals surface area contributed by atoms with Gasteiger partial charge in [-0.3, -0.25) is 14.5 Å². The number of carbonyl (C=O) groups is 2. The predicted octanol–water partition coefficient (Wildman–Crippen LogP) is 1.34. The Morgan fingerprint density at radius 3 is 2.50 bits per heavy atom. The van der Waals surface area contributed by atoms with E-state index in [2.05, 4.69) is 10.6 Å². The Bertz CT molecular complexity index is 548. The van der Waals surface area contributed by atoms with E-state index >= 15 is 0 Å². The van der Waals surface area contributed by atoms with Crippen LogP contribution < -0.4 is 10.6 Å². The lowest BCUT2D eigenvalue weighted by molar-refractivity contribution is -0.124. The highest BCUT2D eigenvalue weighted by molar-refractivity contribution is 5.94. The first-order chi connectivity index (χ1) is 10.5. The highest BCUT2D eigenvalue weighted by Gasteiger charge is 2.20. The third-order valence-electron chi connectivity index (χ3n) is 3.29. The standard InChI is InChI=1S/C16H22N4O2/c1-4-9-18-15(21)11-20(3)12(2)16(22)19-14-7-5-13(10-17)6-8-14/h5-8,12H,4,9,11H2,1-3H3,(H,18,21)(H,19,22)/t12-/m0/s1. The van der Waals surface area contributed by atoms with Crippen LogP contribution in [0, 0.1) is 11.3 Å². The number of hydrogen-bond acceptors (Lipinski definition) is 4. The van der Waals surface area contributed by atoms with Crippen molar-refractivity contribution in [1.29, 1.82) is 5.26 Å². The van der Waals surface area contributed by atoms with Crippen molar-refractivity contribution in [3.8, 4) is 6.07 Å². The number of anilines is 1. The van der Waals surface area contributed by atoms with Crippen molar-refractivity contribution >= 4 is 17.5 Å². The highest BCUT2D eigenvalue weighted by Crippen LogP contribution is 2.10. The maximum atomic E-state index is 12.2. The Hall–Kier alpha value is -2.39. The molecule has 6 nitrogen and oxygen atoms in total. The largest absolute Gasteiger partial charge is 0.355 e. The summed E-state index contributed by atoms with van der Waals surface area (Å²) in [6, 6.07) is 8.22. The number of amides is 2. The zero-order chi connectivity index (χ0) is 16.5. The minimum Gasteiger partial charge on any atom is -0.355 e. The topological polar surface area (TPSA) is 85.2 Å². The van der Waals surface area contributed by atoms with Gasteiger partial charge in [0, 0.05) is 12.2 Å². The zero-order valence-electron chi connectivity index (χ0n) is 13.2. The maximum absolute atomic E-state index is 12.2. The number of rotatable bonds is 7. The van der Waals surface area contributed by atoms with Gasteiger partial charge < -0.3 is 10.6 Å². The molecular formula is C16H22N4O2. The van der Waals surface area contributed by atoms with E-state index in [4.69, 9.17) is 5.26 Å². The third kappa shape index (κ3) is 5.54. The van der Waals surface area contributed by atoms with Crippen LogP contribution in [0.5, 0.6) is 0 Å². The van der Waals surface area contributed by atoms with Gasteiger partial charge in [-0.15, -0.1) is 0 Å². The molecule has 0 spiro atoms. The lowest BCUT2D eigenvalue weighted by Crippen LogP contribution is -2.44. The van der Waals surface area contributed by atoms with E-state index in [-0.39, 0.29) is 18.4 Å². The summed E-state index contributed by atoms with van der Waals surface area (Å²) in [6.45, 7) is 4.53. The molecule has 0 aliphatic rings. The summed E-state index contributed by atoms with van der Waals surface area (Å²) in [5.74, 6) is -0.294. The van der Waals surface area contributed by atoms with Gasteiger partial charge in [0.05, 0.1) is 24.2 Å². The smallest absolute Gasteiger partial charge is 0.241 e.